The summed E-state index contributed by atoms with van der Waals surface area (Å²) in [6.45, 7) is 5.80. The van der Waals surface area contributed by atoms with E-state index in [2.05, 4.69) is 6.58 Å². The van der Waals surface area contributed by atoms with Crippen LogP contribution in [-0.2, 0) is 4.79 Å². The van der Waals surface area contributed by atoms with Crippen molar-refractivity contribution in [1.29, 1.82) is 0 Å². The molecular formula is C13H21BO5. The Morgan fingerprint density at radius 3 is 2.63 bits per heavy atom. The maximum absolute atomic E-state index is 11.5. The molecule has 0 aromatic rings. The van der Waals surface area contributed by atoms with E-state index in [9.17, 15) is 15.0 Å². The van der Waals surface area contributed by atoms with Gasteiger partial charge in [-0.1, -0.05) is 25.5 Å². The molecule has 0 aromatic heterocycles. The summed E-state index contributed by atoms with van der Waals surface area (Å²) in [7, 11) is -1.36. The minimum Gasteiger partial charge on any atom is -0.481 e. The molecule has 6 heteroatoms. The topological polar surface area (TPSA) is 98.0 Å². The highest BCUT2D eigenvalue weighted by atomic mass is 16.4. The lowest BCUT2D eigenvalue weighted by Crippen LogP contribution is -2.47. The SMILES string of the molecule is C=C1[C@H](C(=O)O)[C@](C)(CCCB(O)O)[C@H]2[C@@H](O)C[C@@H]12. The van der Waals surface area contributed by atoms with Crippen molar-refractivity contribution in [3.8, 4) is 0 Å². The molecule has 0 saturated heterocycles. The van der Waals surface area contributed by atoms with Crippen molar-refractivity contribution in [3.05, 3.63) is 12.2 Å². The van der Waals surface area contributed by atoms with Gasteiger partial charge in [-0.05, 0) is 36.4 Å². The number of fused-ring (bicyclic) bond motifs is 1. The highest BCUT2D eigenvalue weighted by molar-refractivity contribution is 6.40. The first kappa shape index (κ1) is 14.6. The monoisotopic (exact) mass is 268 g/mol. The predicted octanol–water partition coefficient (Wildman–Crippen LogP) is 0.513. The molecular weight excluding hydrogens is 247 g/mol. The molecule has 0 unspecified atom stereocenters. The van der Waals surface area contributed by atoms with Gasteiger partial charge in [0.15, 0.2) is 0 Å². The van der Waals surface area contributed by atoms with E-state index in [1.54, 1.807) is 0 Å². The smallest absolute Gasteiger partial charge is 0.451 e. The second-order valence-electron chi connectivity index (χ2n) is 6.16. The maximum Gasteiger partial charge on any atom is 0.451 e. The summed E-state index contributed by atoms with van der Waals surface area (Å²) < 4.78 is 0. The summed E-state index contributed by atoms with van der Waals surface area (Å²) in [4.78, 5) is 11.5. The molecule has 0 spiro atoms. The van der Waals surface area contributed by atoms with Crippen molar-refractivity contribution in [3.63, 3.8) is 0 Å². The first-order valence-electron chi connectivity index (χ1n) is 6.74. The number of hydrogen-bond acceptors (Lipinski definition) is 4. The Morgan fingerprint density at radius 2 is 2.16 bits per heavy atom. The first-order chi connectivity index (χ1) is 8.79. The number of aliphatic hydroxyl groups excluding tert-OH is 1. The normalized spacial score (nSPS) is 40.7. The van der Waals surface area contributed by atoms with Crippen molar-refractivity contribution in [1.82, 2.24) is 0 Å². The van der Waals surface area contributed by atoms with Crippen molar-refractivity contribution >= 4 is 13.1 Å². The number of carboxylic acid groups (broad SMARTS) is 1. The van der Waals surface area contributed by atoms with Gasteiger partial charge in [0.2, 0.25) is 0 Å². The Hall–Kier alpha value is -0.845. The van der Waals surface area contributed by atoms with Crippen LogP contribution in [-0.4, -0.2) is 39.5 Å². The van der Waals surface area contributed by atoms with Crippen LogP contribution < -0.4 is 0 Å². The van der Waals surface area contributed by atoms with Crippen LogP contribution in [0, 0.1) is 23.2 Å². The molecule has 0 radical (unpaired) electrons. The molecule has 5 nitrogen and oxygen atoms in total. The Bertz CT molecular complexity index is 396. The molecule has 2 saturated carbocycles. The van der Waals surface area contributed by atoms with Crippen molar-refractivity contribution in [2.45, 2.75) is 38.6 Å². The highest BCUT2D eigenvalue weighted by Crippen LogP contribution is 2.64. The fourth-order valence-electron chi connectivity index (χ4n) is 4.15. The number of carboxylic acids is 1. The van der Waals surface area contributed by atoms with E-state index >= 15 is 0 Å². The van der Waals surface area contributed by atoms with E-state index < -0.39 is 30.5 Å². The quantitative estimate of drug-likeness (QED) is 0.430. The van der Waals surface area contributed by atoms with Crippen LogP contribution in [0.4, 0.5) is 0 Å². The lowest BCUT2D eigenvalue weighted by molar-refractivity contribution is -0.146. The molecule has 0 aromatic carbocycles. The standard InChI is InChI=1S/C13H21BO5/c1-7-8-6-9(15)11(8)13(2,10(7)12(16)17)4-3-5-14(18)19/h8-11,15,18-19H,1,3-6H2,2H3,(H,16,17)/t8-,9-,10+,11+,13-/m0/s1. The first-order valence-corrected chi connectivity index (χ1v) is 6.74. The molecule has 4 N–H and O–H groups in total. The summed E-state index contributed by atoms with van der Waals surface area (Å²) in [5.41, 5.74) is 0.176. The summed E-state index contributed by atoms with van der Waals surface area (Å²) in [5, 5.41) is 37.2. The number of aliphatic carboxylic acids is 1. The maximum atomic E-state index is 11.5. The van der Waals surface area contributed by atoms with Gasteiger partial charge in [-0.15, -0.1) is 0 Å². The average Bonchev–Trinajstić information content (AvgIpc) is 2.40. The third-order valence-electron chi connectivity index (χ3n) is 5.04. The lowest BCUT2D eigenvalue weighted by atomic mass is 9.60. The number of aliphatic hydroxyl groups is 1. The van der Waals surface area contributed by atoms with Crippen molar-refractivity contribution in [2.24, 2.45) is 23.2 Å². The van der Waals surface area contributed by atoms with Gasteiger partial charge < -0.3 is 20.3 Å². The molecule has 106 valence electrons. The Kier molecular flexibility index (Phi) is 3.77. The molecule has 2 rings (SSSR count). The zero-order valence-electron chi connectivity index (χ0n) is 11.1. The van der Waals surface area contributed by atoms with Crippen LogP contribution in [0.3, 0.4) is 0 Å². The van der Waals surface area contributed by atoms with Crippen LogP contribution in [0.15, 0.2) is 12.2 Å². The summed E-state index contributed by atoms with van der Waals surface area (Å²) in [6.07, 6.45) is 1.45. The lowest BCUT2D eigenvalue weighted by Gasteiger charge is -2.45. The van der Waals surface area contributed by atoms with Gasteiger partial charge in [-0.3, -0.25) is 4.79 Å². The van der Waals surface area contributed by atoms with Crippen molar-refractivity contribution < 1.29 is 25.1 Å². The van der Waals surface area contributed by atoms with E-state index in [1.807, 2.05) is 6.92 Å². The van der Waals surface area contributed by atoms with Gasteiger partial charge in [-0.25, -0.2) is 0 Å². The third kappa shape index (κ3) is 2.22. The second kappa shape index (κ2) is 4.92. The minimum absolute atomic E-state index is 0.0584. The average molecular weight is 268 g/mol. The molecule has 0 amide bonds. The van der Waals surface area contributed by atoms with Gasteiger partial charge in [-0.2, -0.15) is 0 Å². The molecule has 0 aliphatic heterocycles. The summed E-state index contributed by atoms with van der Waals surface area (Å²) in [5.74, 6) is -1.49. The molecule has 0 heterocycles. The van der Waals surface area contributed by atoms with Crippen LogP contribution in [0.1, 0.15) is 26.2 Å². The van der Waals surface area contributed by atoms with Gasteiger partial charge >= 0.3 is 13.1 Å². The number of hydrogen-bond donors (Lipinski definition) is 4. The van der Waals surface area contributed by atoms with Crippen molar-refractivity contribution in [2.75, 3.05) is 0 Å². The Balaban J connectivity index is 2.17. The molecule has 2 aliphatic rings. The molecule has 2 aliphatic carbocycles. The fraction of sp³-hybridized carbons (Fsp3) is 0.769. The zero-order valence-corrected chi connectivity index (χ0v) is 11.1. The summed E-state index contributed by atoms with van der Waals surface area (Å²) >= 11 is 0. The largest absolute Gasteiger partial charge is 0.481 e. The third-order valence-corrected chi connectivity index (χ3v) is 5.04. The number of carbonyl (C=O) groups is 1. The van der Waals surface area contributed by atoms with Gasteiger partial charge in [0.05, 0.1) is 12.0 Å². The zero-order chi connectivity index (χ0) is 14.4. The Labute approximate surface area is 113 Å². The van der Waals surface area contributed by atoms with E-state index in [0.717, 1.165) is 5.57 Å². The molecule has 5 atom stereocenters. The molecule has 0 bridgehead atoms. The van der Waals surface area contributed by atoms with Crippen LogP contribution >= 0.6 is 0 Å². The van der Waals surface area contributed by atoms with E-state index in [-0.39, 0.29) is 18.2 Å². The minimum atomic E-state index is -1.36. The fourth-order valence-corrected chi connectivity index (χ4v) is 4.15. The number of rotatable bonds is 5. The molecule has 19 heavy (non-hydrogen) atoms. The van der Waals surface area contributed by atoms with E-state index in [1.165, 1.54) is 0 Å². The highest BCUT2D eigenvalue weighted by Gasteiger charge is 2.63. The van der Waals surface area contributed by atoms with E-state index in [0.29, 0.717) is 19.3 Å². The van der Waals surface area contributed by atoms with E-state index in [4.69, 9.17) is 10.0 Å². The molecule has 2 fully saturated rings. The van der Waals surface area contributed by atoms with Crippen LogP contribution in [0.25, 0.3) is 0 Å². The van der Waals surface area contributed by atoms with Gasteiger partial charge in [0.1, 0.15) is 0 Å². The van der Waals surface area contributed by atoms with Crippen LogP contribution in [0.5, 0.6) is 0 Å². The predicted molar refractivity (Wildman–Crippen MR) is 70.2 cm³/mol. The second-order valence-corrected chi connectivity index (χ2v) is 6.16. The van der Waals surface area contributed by atoms with Gasteiger partial charge in [0, 0.05) is 0 Å². The Morgan fingerprint density at radius 1 is 1.53 bits per heavy atom. The summed E-state index contributed by atoms with van der Waals surface area (Å²) in [6, 6.07) is 0. The van der Waals surface area contributed by atoms with Crippen LogP contribution in [0.2, 0.25) is 6.32 Å². The van der Waals surface area contributed by atoms with Gasteiger partial charge in [0.25, 0.3) is 0 Å².